The van der Waals surface area contributed by atoms with E-state index in [1.165, 1.54) is 0 Å². The van der Waals surface area contributed by atoms with Crippen molar-refractivity contribution in [3.8, 4) is 0 Å². The van der Waals surface area contributed by atoms with E-state index in [4.69, 9.17) is 18.0 Å². The van der Waals surface area contributed by atoms with E-state index in [0.29, 0.717) is 17.3 Å². The average Bonchev–Trinajstić information content (AvgIpc) is 2.49. The maximum atomic E-state index is 11.8. The Hall–Kier alpha value is -0.640. The number of thiocarbonyl (C=S) groups is 1. The van der Waals surface area contributed by atoms with E-state index in [9.17, 15) is 4.79 Å². The Morgan fingerprint density at radius 2 is 2.29 bits per heavy atom. The van der Waals surface area contributed by atoms with Gasteiger partial charge in [0.05, 0.1) is 11.0 Å². The van der Waals surface area contributed by atoms with Gasteiger partial charge in [0.1, 0.15) is 0 Å². The second-order valence-corrected chi connectivity index (χ2v) is 4.72. The molecule has 0 aromatic carbocycles. The fourth-order valence-electron chi connectivity index (χ4n) is 1.83. The van der Waals surface area contributed by atoms with Crippen LogP contribution in [-0.2, 0) is 4.79 Å². The molecule has 14 heavy (non-hydrogen) atoms. The first-order valence-corrected chi connectivity index (χ1v) is 5.52. The molecule has 1 fully saturated rings. The maximum Gasteiger partial charge on any atom is 0.223 e. The summed E-state index contributed by atoms with van der Waals surface area (Å²) in [6.45, 7) is 4.90. The lowest BCUT2D eigenvalue weighted by molar-refractivity contribution is -0.131. The first kappa shape index (κ1) is 11.4. The highest BCUT2D eigenvalue weighted by Gasteiger charge is 2.30. The summed E-state index contributed by atoms with van der Waals surface area (Å²) in [7, 11) is 0. The Morgan fingerprint density at radius 1 is 1.64 bits per heavy atom. The van der Waals surface area contributed by atoms with Gasteiger partial charge in [-0.3, -0.25) is 4.79 Å². The summed E-state index contributed by atoms with van der Waals surface area (Å²) < 4.78 is 0. The van der Waals surface area contributed by atoms with Gasteiger partial charge in [-0.25, -0.2) is 0 Å². The van der Waals surface area contributed by atoms with Crippen LogP contribution >= 0.6 is 12.2 Å². The third kappa shape index (κ3) is 2.67. The van der Waals surface area contributed by atoms with Crippen molar-refractivity contribution < 1.29 is 4.79 Å². The zero-order valence-corrected chi connectivity index (χ0v) is 9.64. The van der Waals surface area contributed by atoms with Gasteiger partial charge >= 0.3 is 0 Å². The van der Waals surface area contributed by atoms with Crippen LogP contribution in [0.2, 0.25) is 0 Å². The SMILES string of the molecule is CC(C)CC(=O)N1CCCC1C(N)=S. The molecule has 0 saturated carbocycles. The molecule has 0 aromatic rings. The van der Waals surface area contributed by atoms with Gasteiger partial charge in [0.2, 0.25) is 5.91 Å². The van der Waals surface area contributed by atoms with Gasteiger partial charge in [0, 0.05) is 13.0 Å². The summed E-state index contributed by atoms with van der Waals surface area (Å²) >= 11 is 4.95. The molecule has 1 aliphatic rings. The molecule has 0 spiro atoms. The van der Waals surface area contributed by atoms with E-state index in [2.05, 4.69) is 0 Å². The zero-order valence-electron chi connectivity index (χ0n) is 8.82. The molecule has 0 bridgehead atoms. The van der Waals surface area contributed by atoms with E-state index >= 15 is 0 Å². The Balaban J connectivity index is 2.58. The Labute approximate surface area is 90.6 Å². The zero-order chi connectivity index (χ0) is 10.7. The highest BCUT2D eigenvalue weighted by molar-refractivity contribution is 7.80. The standard InChI is InChI=1S/C10H18N2OS/c1-7(2)6-9(13)12-5-3-4-8(12)10(11)14/h7-8H,3-6H2,1-2H3,(H2,11,14). The van der Waals surface area contributed by atoms with Gasteiger partial charge in [0.25, 0.3) is 0 Å². The lowest BCUT2D eigenvalue weighted by Gasteiger charge is -2.24. The van der Waals surface area contributed by atoms with Crippen LogP contribution in [-0.4, -0.2) is 28.4 Å². The number of hydrogen-bond acceptors (Lipinski definition) is 2. The van der Waals surface area contributed by atoms with Crippen molar-refractivity contribution in [3.05, 3.63) is 0 Å². The molecule has 0 aliphatic carbocycles. The van der Waals surface area contributed by atoms with Crippen LogP contribution in [0.5, 0.6) is 0 Å². The van der Waals surface area contributed by atoms with Crippen LogP contribution in [0.3, 0.4) is 0 Å². The predicted octanol–water partition coefficient (Wildman–Crippen LogP) is 1.31. The second-order valence-electron chi connectivity index (χ2n) is 4.25. The topological polar surface area (TPSA) is 46.3 Å². The summed E-state index contributed by atoms with van der Waals surface area (Å²) in [5.74, 6) is 0.588. The van der Waals surface area contributed by atoms with E-state index in [1.807, 2.05) is 18.7 Å². The number of nitrogens with two attached hydrogens (primary N) is 1. The second kappa shape index (κ2) is 4.73. The smallest absolute Gasteiger partial charge is 0.223 e. The van der Waals surface area contributed by atoms with Crippen LogP contribution in [0.15, 0.2) is 0 Å². The van der Waals surface area contributed by atoms with Crippen molar-refractivity contribution in [2.24, 2.45) is 11.7 Å². The van der Waals surface area contributed by atoms with Crippen molar-refractivity contribution in [1.82, 2.24) is 4.90 Å². The molecule has 3 nitrogen and oxygen atoms in total. The van der Waals surface area contributed by atoms with Crippen molar-refractivity contribution in [3.63, 3.8) is 0 Å². The molecule has 4 heteroatoms. The molecule has 2 N–H and O–H groups in total. The molecule has 1 amide bonds. The first-order valence-electron chi connectivity index (χ1n) is 5.11. The molecule has 0 aromatic heterocycles. The van der Waals surface area contributed by atoms with Gasteiger partial charge in [-0.15, -0.1) is 0 Å². The normalized spacial score (nSPS) is 21.6. The van der Waals surface area contributed by atoms with Gasteiger partial charge in [-0.1, -0.05) is 26.1 Å². The van der Waals surface area contributed by atoms with Crippen molar-refractivity contribution in [1.29, 1.82) is 0 Å². The monoisotopic (exact) mass is 214 g/mol. The van der Waals surface area contributed by atoms with E-state index in [1.54, 1.807) is 0 Å². The number of likely N-dealkylation sites (tertiary alicyclic amines) is 1. The van der Waals surface area contributed by atoms with Gasteiger partial charge < -0.3 is 10.6 Å². The fourth-order valence-corrected chi connectivity index (χ4v) is 2.07. The molecular weight excluding hydrogens is 196 g/mol. The molecule has 1 saturated heterocycles. The summed E-state index contributed by atoms with van der Waals surface area (Å²) in [5, 5.41) is 0. The van der Waals surface area contributed by atoms with Gasteiger partial charge in [-0.2, -0.15) is 0 Å². The molecule has 0 radical (unpaired) electrons. The highest BCUT2D eigenvalue weighted by Crippen LogP contribution is 2.19. The predicted molar refractivity (Wildman–Crippen MR) is 61.0 cm³/mol. The third-order valence-electron chi connectivity index (χ3n) is 2.48. The number of nitrogens with zero attached hydrogens (tertiary/aromatic N) is 1. The number of rotatable bonds is 3. The summed E-state index contributed by atoms with van der Waals surface area (Å²) in [6.07, 6.45) is 2.55. The minimum absolute atomic E-state index is 0.0104. The van der Waals surface area contributed by atoms with Crippen molar-refractivity contribution >= 4 is 23.1 Å². The molecule has 80 valence electrons. The van der Waals surface area contributed by atoms with Gasteiger partial charge in [-0.05, 0) is 18.8 Å². The van der Waals surface area contributed by atoms with Crippen LogP contribution in [0.1, 0.15) is 33.1 Å². The Kier molecular flexibility index (Phi) is 3.86. The minimum Gasteiger partial charge on any atom is -0.392 e. The minimum atomic E-state index is 0.0104. The maximum absolute atomic E-state index is 11.8. The summed E-state index contributed by atoms with van der Waals surface area (Å²) in [5.41, 5.74) is 5.59. The Bertz CT molecular complexity index is 240. The Morgan fingerprint density at radius 3 is 2.79 bits per heavy atom. The lowest BCUT2D eigenvalue weighted by Crippen LogP contribution is -2.43. The van der Waals surface area contributed by atoms with Crippen LogP contribution in [0.25, 0.3) is 0 Å². The molecular formula is C10H18N2OS. The highest BCUT2D eigenvalue weighted by atomic mass is 32.1. The number of carbonyl (C=O) groups excluding carboxylic acids is 1. The first-order chi connectivity index (χ1) is 6.52. The largest absolute Gasteiger partial charge is 0.392 e. The van der Waals surface area contributed by atoms with Crippen molar-refractivity contribution in [2.45, 2.75) is 39.2 Å². The molecule has 1 rings (SSSR count). The van der Waals surface area contributed by atoms with E-state index in [-0.39, 0.29) is 11.9 Å². The summed E-state index contributed by atoms with van der Waals surface area (Å²) in [4.78, 5) is 14.1. The number of carbonyl (C=O) groups is 1. The number of amides is 1. The van der Waals surface area contributed by atoms with Crippen LogP contribution in [0.4, 0.5) is 0 Å². The van der Waals surface area contributed by atoms with Crippen LogP contribution in [0, 0.1) is 5.92 Å². The molecule has 1 aliphatic heterocycles. The van der Waals surface area contributed by atoms with Gasteiger partial charge in [0.15, 0.2) is 0 Å². The van der Waals surface area contributed by atoms with E-state index < -0.39 is 0 Å². The quantitative estimate of drug-likeness (QED) is 0.721. The fraction of sp³-hybridized carbons (Fsp3) is 0.800. The molecule has 1 heterocycles. The molecule has 1 unspecified atom stereocenters. The van der Waals surface area contributed by atoms with Crippen molar-refractivity contribution in [2.75, 3.05) is 6.54 Å². The van der Waals surface area contributed by atoms with Crippen LogP contribution < -0.4 is 5.73 Å². The van der Waals surface area contributed by atoms with E-state index in [0.717, 1.165) is 19.4 Å². The summed E-state index contributed by atoms with van der Waals surface area (Å²) in [6, 6.07) is 0.0104. The molecule has 1 atom stereocenters. The average molecular weight is 214 g/mol. The number of hydrogen-bond donors (Lipinski definition) is 1. The third-order valence-corrected chi connectivity index (χ3v) is 2.76. The lowest BCUT2D eigenvalue weighted by atomic mass is 10.1.